The molecule has 0 aliphatic heterocycles. The SMILES string of the molecule is CC[CH2][Pb]([CH3])([CH3])[C](CC)(CC)CC. The van der Waals surface area contributed by atoms with E-state index in [0.717, 1.165) is 2.97 Å². The second-order valence-corrected chi connectivity index (χ2v) is 25.7. The van der Waals surface area contributed by atoms with Gasteiger partial charge in [-0.05, 0) is 0 Å². The maximum absolute atomic E-state index is 2.67. The van der Waals surface area contributed by atoms with Crippen LogP contribution in [0, 0.1) is 0 Å². The summed E-state index contributed by atoms with van der Waals surface area (Å²) in [7, 11) is 0. The Morgan fingerprint density at radius 3 is 1.46 bits per heavy atom. The summed E-state index contributed by atoms with van der Waals surface area (Å²) in [5.74, 6) is 0. The summed E-state index contributed by atoms with van der Waals surface area (Å²) in [5, 5.41) is 0. The van der Waals surface area contributed by atoms with Gasteiger partial charge in [0.25, 0.3) is 0 Å². The first-order valence-electron chi connectivity index (χ1n) is 5.99. The van der Waals surface area contributed by atoms with Gasteiger partial charge in [-0.3, -0.25) is 0 Å². The zero-order valence-electron chi connectivity index (χ0n) is 10.5. The summed E-state index contributed by atoms with van der Waals surface area (Å²) in [5.41, 5.74) is 0. The van der Waals surface area contributed by atoms with Crippen molar-refractivity contribution in [3.8, 4) is 0 Å². The molecular formula is C12H28Pb. The van der Waals surface area contributed by atoms with Crippen molar-refractivity contribution in [2.24, 2.45) is 0 Å². The van der Waals surface area contributed by atoms with Gasteiger partial charge in [0, 0.05) is 0 Å². The predicted molar refractivity (Wildman–Crippen MR) is 66.1 cm³/mol. The Morgan fingerprint density at radius 2 is 1.23 bits per heavy atom. The summed E-state index contributed by atoms with van der Waals surface area (Å²) in [6.45, 7) is 9.58. The molecule has 13 heavy (non-hydrogen) atoms. The van der Waals surface area contributed by atoms with E-state index in [2.05, 4.69) is 36.7 Å². The van der Waals surface area contributed by atoms with Crippen LogP contribution in [0.2, 0.25) is 15.9 Å². The Balaban J connectivity index is 4.68. The summed E-state index contributed by atoms with van der Waals surface area (Å²) >= 11 is -1.88. The van der Waals surface area contributed by atoms with Gasteiger partial charge >= 0.3 is 90.5 Å². The van der Waals surface area contributed by atoms with Crippen LogP contribution >= 0.6 is 0 Å². The summed E-state index contributed by atoms with van der Waals surface area (Å²) < 4.78 is 7.73. The van der Waals surface area contributed by atoms with Crippen molar-refractivity contribution in [1.29, 1.82) is 0 Å². The van der Waals surface area contributed by atoms with Gasteiger partial charge in [-0.25, -0.2) is 0 Å². The fourth-order valence-electron chi connectivity index (χ4n) is 3.08. The number of hydrogen-bond acceptors (Lipinski definition) is 0. The van der Waals surface area contributed by atoms with Gasteiger partial charge in [0.2, 0.25) is 0 Å². The molecule has 0 aromatic rings. The van der Waals surface area contributed by atoms with Gasteiger partial charge in [-0.2, -0.15) is 0 Å². The minimum absolute atomic E-state index is 0.795. The topological polar surface area (TPSA) is 0 Å². The molecule has 0 spiro atoms. The third kappa shape index (κ3) is 2.93. The molecule has 0 rings (SSSR count). The Labute approximate surface area is 90.2 Å². The van der Waals surface area contributed by atoms with E-state index in [1.807, 2.05) is 0 Å². The van der Waals surface area contributed by atoms with Crippen LogP contribution < -0.4 is 0 Å². The van der Waals surface area contributed by atoms with Crippen molar-refractivity contribution in [2.75, 3.05) is 0 Å². The average Bonchev–Trinajstić information content (AvgIpc) is 2.07. The van der Waals surface area contributed by atoms with Crippen molar-refractivity contribution in [3.63, 3.8) is 0 Å². The van der Waals surface area contributed by atoms with Gasteiger partial charge < -0.3 is 0 Å². The van der Waals surface area contributed by atoms with Gasteiger partial charge in [-0.1, -0.05) is 0 Å². The van der Waals surface area contributed by atoms with Crippen LogP contribution in [0.25, 0.3) is 0 Å². The Hall–Kier alpha value is 0.922. The van der Waals surface area contributed by atoms with E-state index in [4.69, 9.17) is 0 Å². The van der Waals surface area contributed by atoms with Gasteiger partial charge in [0.15, 0.2) is 0 Å². The average molecular weight is 380 g/mol. The predicted octanol–water partition coefficient (Wildman–Crippen LogP) is 5.08. The van der Waals surface area contributed by atoms with E-state index < -0.39 is 21.2 Å². The van der Waals surface area contributed by atoms with Gasteiger partial charge in [0.1, 0.15) is 0 Å². The van der Waals surface area contributed by atoms with Crippen LogP contribution in [0.15, 0.2) is 0 Å². The molecule has 0 aromatic carbocycles. The van der Waals surface area contributed by atoms with Crippen molar-refractivity contribution in [1.82, 2.24) is 0 Å². The Morgan fingerprint density at radius 1 is 0.846 bits per heavy atom. The fraction of sp³-hybridized carbons (Fsp3) is 1.00. The Bertz CT molecular complexity index is 126. The molecule has 0 bridgehead atoms. The molecule has 0 saturated carbocycles. The van der Waals surface area contributed by atoms with Crippen molar-refractivity contribution >= 4 is 21.2 Å². The zero-order chi connectivity index (χ0) is 10.5. The van der Waals surface area contributed by atoms with Crippen LogP contribution in [-0.4, -0.2) is 21.2 Å². The second-order valence-electron chi connectivity index (χ2n) is 4.97. The molecule has 0 radical (unpaired) electrons. The monoisotopic (exact) mass is 380 g/mol. The maximum atomic E-state index is 2.67. The molecular weight excluding hydrogens is 351 g/mol. The van der Waals surface area contributed by atoms with E-state index in [1.165, 1.54) is 25.7 Å². The van der Waals surface area contributed by atoms with Crippen molar-refractivity contribution in [2.45, 2.75) is 69.3 Å². The summed E-state index contributed by atoms with van der Waals surface area (Å²) in [6.07, 6.45) is 5.69. The van der Waals surface area contributed by atoms with Crippen LogP contribution in [0.4, 0.5) is 0 Å². The van der Waals surface area contributed by atoms with E-state index in [9.17, 15) is 0 Å². The van der Waals surface area contributed by atoms with Crippen LogP contribution in [0.5, 0.6) is 0 Å². The molecule has 0 aliphatic rings. The quantitative estimate of drug-likeness (QED) is 0.565. The minimum atomic E-state index is -1.88. The molecule has 0 atom stereocenters. The first kappa shape index (κ1) is 13.9. The molecule has 0 aliphatic carbocycles. The first-order valence-corrected chi connectivity index (χ1v) is 18.5. The fourth-order valence-corrected chi connectivity index (χ4v) is 21.2. The van der Waals surface area contributed by atoms with E-state index in [1.54, 1.807) is 3.98 Å². The van der Waals surface area contributed by atoms with Gasteiger partial charge in [-0.15, -0.1) is 0 Å². The van der Waals surface area contributed by atoms with Gasteiger partial charge in [0.05, 0.1) is 0 Å². The molecule has 0 heterocycles. The zero-order valence-corrected chi connectivity index (χ0v) is 14.4. The number of hydrogen-bond donors (Lipinski definition) is 0. The molecule has 0 N–H and O–H groups in total. The molecule has 0 nitrogen and oxygen atoms in total. The standard InChI is InChI=1S/C7H15.C3H7.2CH3.Pb/c1-4-7(5-2)6-3;1-3-2;;;/h4-6H2,1-3H3;1,3H2,2H3;2*1H3;. The van der Waals surface area contributed by atoms with Crippen LogP contribution in [0.1, 0.15) is 53.4 Å². The first-order chi connectivity index (χ1) is 5.99. The third-order valence-electron chi connectivity index (χ3n) is 4.34. The van der Waals surface area contributed by atoms with Crippen molar-refractivity contribution < 1.29 is 0 Å². The van der Waals surface area contributed by atoms with Crippen LogP contribution in [0.3, 0.4) is 0 Å². The molecule has 0 unspecified atom stereocenters. The van der Waals surface area contributed by atoms with Crippen molar-refractivity contribution in [3.05, 3.63) is 0 Å². The summed E-state index contributed by atoms with van der Waals surface area (Å²) in [4.78, 5) is 0. The second kappa shape index (κ2) is 5.72. The van der Waals surface area contributed by atoms with Crippen LogP contribution in [-0.2, 0) is 0 Å². The number of rotatable bonds is 6. The normalized spacial score (nSPS) is 13.4. The van der Waals surface area contributed by atoms with E-state index in [-0.39, 0.29) is 0 Å². The van der Waals surface area contributed by atoms with E-state index >= 15 is 0 Å². The summed E-state index contributed by atoms with van der Waals surface area (Å²) in [6, 6.07) is 0. The molecule has 0 amide bonds. The van der Waals surface area contributed by atoms with E-state index in [0.29, 0.717) is 0 Å². The molecule has 80 valence electrons. The third-order valence-corrected chi connectivity index (χ3v) is 26.4. The molecule has 1 heteroatoms. The molecule has 0 aromatic heterocycles. The molecule has 0 fully saturated rings. The Kier molecular flexibility index (Phi) is 6.12. The molecule has 0 saturated heterocycles.